The number of ether oxygens (including phenoxy) is 2. The Hall–Kier alpha value is -3.23. The first-order chi connectivity index (χ1) is 12.6. The van der Waals surface area contributed by atoms with Gasteiger partial charge >= 0.3 is 0 Å². The number of methoxy groups -OCH3 is 2. The Bertz CT molecular complexity index is 881. The van der Waals surface area contributed by atoms with Crippen LogP contribution in [0.5, 0.6) is 11.6 Å². The molecule has 26 heavy (non-hydrogen) atoms. The standard InChI is InChI=1S/C15H15N5O3.C2H5F.H2/c1-20-10(14-12(22-2)7-18-19-15(14)23-3)4-9-5-13(17-8-21)16-6-11(9)20;1-2-3;/h4-8H,1-3H3,(H,16,17,21);2H2,1H3;1H. The Kier molecular flexibility index (Phi) is 6.42. The van der Waals surface area contributed by atoms with Gasteiger partial charge in [0.1, 0.15) is 11.4 Å². The number of amides is 1. The predicted octanol–water partition coefficient (Wildman–Crippen LogP) is 2.84. The van der Waals surface area contributed by atoms with Gasteiger partial charge in [0.15, 0.2) is 5.75 Å². The van der Waals surface area contributed by atoms with Crippen LogP contribution in [0.2, 0.25) is 0 Å². The number of pyridine rings is 1. The lowest BCUT2D eigenvalue weighted by atomic mass is 10.2. The first kappa shape index (κ1) is 19.1. The summed E-state index contributed by atoms with van der Waals surface area (Å²) < 4.78 is 22.9. The van der Waals surface area contributed by atoms with Crippen molar-refractivity contribution < 1.29 is 20.1 Å². The number of nitrogens with one attached hydrogen (secondary N) is 1. The van der Waals surface area contributed by atoms with Crippen molar-refractivity contribution in [1.82, 2.24) is 19.7 Å². The SMILES string of the molecule is CCF.COc1cnnc(OC)c1-c1cc2cc(NC=O)ncc2n1C.[HH]. The molecule has 0 bridgehead atoms. The molecule has 3 aromatic heterocycles. The van der Waals surface area contributed by atoms with E-state index < -0.39 is 0 Å². The van der Waals surface area contributed by atoms with E-state index in [1.54, 1.807) is 19.4 Å². The minimum absolute atomic E-state index is 0. The number of halogens is 1. The van der Waals surface area contributed by atoms with Gasteiger partial charge in [-0.05, 0) is 19.1 Å². The minimum atomic E-state index is -0.250. The lowest BCUT2D eigenvalue weighted by molar-refractivity contribution is -0.105. The molecule has 0 atom stereocenters. The molecule has 1 N–H and O–H groups in total. The van der Waals surface area contributed by atoms with Gasteiger partial charge in [0.25, 0.3) is 0 Å². The van der Waals surface area contributed by atoms with Gasteiger partial charge in [-0.15, -0.1) is 5.10 Å². The lowest BCUT2D eigenvalue weighted by Crippen LogP contribution is -2.01. The largest absolute Gasteiger partial charge is 0.494 e. The molecule has 0 aromatic carbocycles. The van der Waals surface area contributed by atoms with E-state index in [9.17, 15) is 9.18 Å². The van der Waals surface area contributed by atoms with Gasteiger partial charge < -0.3 is 19.4 Å². The van der Waals surface area contributed by atoms with Gasteiger partial charge in [0, 0.05) is 13.9 Å². The highest BCUT2D eigenvalue weighted by atomic mass is 19.1. The van der Waals surface area contributed by atoms with E-state index in [4.69, 9.17) is 9.47 Å². The molecule has 0 spiro atoms. The topological polar surface area (TPSA) is 91.2 Å². The molecule has 0 aliphatic carbocycles. The third kappa shape index (κ3) is 3.71. The third-order valence-corrected chi connectivity index (χ3v) is 3.59. The monoisotopic (exact) mass is 363 g/mol. The van der Waals surface area contributed by atoms with Crippen LogP contribution < -0.4 is 14.8 Å². The number of nitrogens with zero attached hydrogens (tertiary/aromatic N) is 4. The number of carbonyl (C=O) groups is 1. The lowest BCUT2D eigenvalue weighted by Gasteiger charge is -2.11. The van der Waals surface area contributed by atoms with Crippen LogP contribution in [-0.2, 0) is 11.8 Å². The number of anilines is 1. The average molecular weight is 363 g/mol. The molecule has 8 nitrogen and oxygen atoms in total. The van der Waals surface area contributed by atoms with Crippen molar-refractivity contribution in [3.63, 3.8) is 0 Å². The normalized spacial score (nSPS) is 10.0. The fourth-order valence-electron chi connectivity index (χ4n) is 2.50. The average Bonchev–Trinajstić information content (AvgIpc) is 2.97. The first-order valence-corrected chi connectivity index (χ1v) is 7.76. The van der Waals surface area contributed by atoms with Crippen LogP contribution in [0, 0.1) is 0 Å². The molecule has 9 heteroatoms. The van der Waals surface area contributed by atoms with Crippen molar-refractivity contribution in [1.29, 1.82) is 0 Å². The highest BCUT2D eigenvalue weighted by Crippen LogP contribution is 2.38. The summed E-state index contributed by atoms with van der Waals surface area (Å²) in [5.74, 6) is 1.41. The smallest absolute Gasteiger partial charge is 0.246 e. The van der Waals surface area contributed by atoms with E-state index in [1.807, 2.05) is 17.7 Å². The number of rotatable bonds is 5. The third-order valence-electron chi connectivity index (χ3n) is 3.59. The fourth-order valence-corrected chi connectivity index (χ4v) is 2.50. The second-order valence-electron chi connectivity index (χ2n) is 5.04. The minimum Gasteiger partial charge on any atom is -0.494 e. The zero-order valence-corrected chi connectivity index (χ0v) is 15.0. The van der Waals surface area contributed by atoms with Crippen LogP contribution in [-0.4, -0.2) is 47.1 Å². The Morgan fingerprint density at radius 2 is 2.04 bits per heavy atom. The molecule has 1 amide bonds. The molecular weight excluding hydrogens is 341 g/mol. The number of alkyl halides is 1. The van der Waals surface area contributed by atoms with Crippen molar-refractivity contribution in [3.05, 3.63) is 24.5 Å². The Labute approximate surface area is 151 Å². The molecule has 0 radical (unpaired) electrons. The van der Waals surface area contributed by atoms with Gasteiger partial charge in [-0.1, -0.05) is 0 Å². The van der Waals surface area contributed by atoms with Crippen LogP contribution >= 0.6 is 0 Å². The molecule has 0 fully saturated rings. The summed E-state index contributed by atoms with van der Waals surface area (Å²) in [6.45, 7) is 1.21. The zero-order valence-electron chi connectivity index (χ0n) is 15.0. The van der Waals surface area contributed by atoms with Crippen molar-refractivity contribution >= 4 is 23.1 Å². The van der Waals surface area contributed by atoms with Crippen LogP contribution in [0.25, 0.3) is 22.2 Å². The summed E-state index contributed by atoms with van der Waals surface area (Å²) in [6, 6.07) is 3.75. The van der Waals surface area contributed by atoms with Gasteiger partial charge in [-0.3, -0.25) is 9.18 Å². The molecule has 3 aromatic rings. The summed E-state index contributed by atoms with van der Waals surface area (Å²) in [7, 11) is 5.00. The number of carbonyl (C=O) groups excluding carboxylic acids is 1. The highest BCUT2D eigenvalue weighted by molar-refractivity contribution is 5.91. The Morgan fingerprint density at radius 1 is 1.31 bits per heavy atom. The van der Waals surface area contributed by atoms with E-state index in [2.05, 4.69) is 20.5 Å². The first-order valence-electron chi connectivity index (χ1n) is 7.76. The molecule has 3 rings (SSSR count). The van der Waals surface area contributed by atoms with E-state index in [-0.39, 0.29) is 8.10 Å². The molecule has 3 heterocycles. The van der Waals surface area contributed by atoms with E-state index in [0.717, 1.165) is 16.6 Å². The van der Waals surface area contributed by atoms with Gasteiger partial charge in [-0.25, -0.2) is 4.98 Å². The molecule has 0 saturated heterocycles. The number of fused-ring (bicyclic) bond motifs is 1. The second-order valence-corrected chi connectivity index (χ2v) is 5.04. The second kappa shape index (κ2) is 8.75. The number of hydrogen-bond acceptors (Lipinski definition) is 6. The highest BCUT2D eigenvalue weighted by Gasteiger charge is 2.19. The van der Waals surface area contributed by atoms with Crippen LogP contribution in [0.3, 0.4) is 0 Å². The fraction of sp³-hybridized carbons (Fsp3) is 0.294. The van der Waals surface area contributed by atoms with E-state index >= 15 is 0 Å². The molecule has 0 aliphatic heterocycles. The number of aryl methyl sites for hydroxylation is 1. The van der Waals surface area contributed by atoms with E-state index in [1.165, 1.54) is 20.2 Å². The number of hydrogen-bond donors (Lipinski definition) is 1. The number of aromatic nitrogens is 4. The Morgan fingerprint density at radius 3 is 2.65 bits per heavy atom. The molecule has 140 valence electrons. The molecular formula is C17H22FN5O3. The Balaban J connectivity index is 0.000000855. The molecule has 0 unspecified atom stereocenters. The summed E-state index contributed by atoms with van der Waals surface area (Å²) in [5, 5.41) is 11.3. The zero-order chi connectivity index (χ0) is 19.1. The van der Waals surface area contributed by atoms with E-state index in [0.29, 0.717) is 29.4 Å². The quantitative estimate of drug-likeness (QED) is 0.701. The predicted molar refractivity (Wildman–Crippen MR) is 98.3 cm³/mol. The van der Waals surface area contributed by atoms with Crippen molar-refractivity contribution in [2.24, 2.45) is 7.05 Å². The van der Waals surface area contributed by atoms with Crippen LogP contribution in [0.15, 0.2) is 24.5 Å². The van der Waals surface area contributed by atoms with Crippen molar-refractivity contribution in [2.45, 2.75) is 6.92 Å². The summed E-state index contributed by atoms with van der Waals surface area (Å²) in [6.07, 6.45) is 3.82. The van der Waals surface area contributed by atoms with Crippen LogP contribution in [0.1, 0.15) is 8.35 Å². The summed E-state index contributed by atoms with van der Waals surface area (Å²) in [5.41, 5.74) is 2.44. The van der Waals surface area contributed by atoms with Gasteiger partial charge in [0.2, 0.25) is 12.3 Å². The van der Waals surface area contributed by atoms with Gasteiger partial charge in [-0.2, -0.15) is 5.10 Å². The molecule has 0 saturated carbocycles. The van der Waals surface area contributed by atoms with Gasteiger partial charge in [0.05, 0.1) is 44.5 Å². The molecule has 0 aliphatic rings. The van der Waals surface area contributed by atoms with Crippen LogP contribution in [0.4, 0.5) is 10.2 Å². The van der Waals surface area contributed by atoms with Crippen molar-refractivity contribution in [3.8, 4) is 22.9 Å². The van der Waals surface area contributed by atoms with Crippen molar-refractivity contribution in [2.75, 3.05) is 26.2 Å². The summed E-state index contributed by atoms with van der Waals surface area (Å²) >= 11 is 0. The maximum absolute atomic E-state index is 10.6. The summed E-state index contributed by atoms with van der Waals surface area (Å²) in [4.78, 5) is 14.8. The maximum atomic E-state index is 10.6. The maximum Gasteiger partial charge on any atom is 0.246 e.